The van der Waals surface area contributed by atoms with E-state index in [4.69, 9.17) is 9.57 Å². The van der Waals surface area contributed by atoms with Crippen molar-refractivity contribution in [3.63, 3.8) is 0 Å². The maximum Gasteiger partial charge on any atom is 0.407 e. The minimum absolute atomic E-state index is 0.0476. The van der Waals surface area contributed by atoms with Crippen LogP contribution in [0, 0.1) is 0 Å². The first-order chi connectivity index (χ1) is 11.9. The van der Waals surface area contributed by atoms with Crippen LogP contribution in [0.25, 0.3) is 0 Å². The molecule has 1 saturated heterocycles. The van der Waals surface area contributed by atoms with E-state index in [0.29, 0.717) is 6.61 Å². The van der Waals surface area contributed by atoms with Gasteiger partial charge in [0.1, 0.15) is 5.60 Å². The molecule has 0 saturated carbocycles. The molecule has 5 nitrogen and oxygen atoms in total. The smallest absolute Gasteiger partial charge is 0.407 e. The Hall–Kier alpha value is -1.59. The van der Waals surface area contributed by atoms with Gasteiger partial charge in [0.05, 0.1) is 6.61 Å². The van der Waals surface area contributed by atoms with E-state index in [2.05, 4.69) is 50.2 Å². The highest BCUT2D eigenvalue weighted by molar-refractivity contribution is 5.68. The number of nitrogens with zero attached hydrogens (tertiary/aromatic N) is 1. The van der Waals surface area contributed by atoms with E-state index in [0.717, 1.165) is 18.4 Å². The van der Waals surface area contributed by atoms with E-state index in [1.807, 2.05) is 39.0 Å². The molecule has 1 aromatic rings. The van der Waals surface area contributed by atoms with Gasteiger partial charge < -0.3 is 10.1 Å². The number of benzene rings is 1. The van der Waals surface area contributed by atoms with Crippen molar-refractivity contribution in [1.82, 2.24) is 10.4 Å². The van der Waals surface area contributed by atoms with Crippen molar-refractivity contribution in [2.24, 2.45) is 0 Å². The van der Waals surface area contributed by atoms with Crippen LogP contribution in [0.3, 0.4) is 0 Å². The van der Waals surface area contributed by atoms with E-state index in [9.17, 15) is 4.79 Å². The number of hydrogen-bond donors (Lipinski definition) is 1. The lowest BCUT2D eigenvalue weighted by Gasteiger charge is -2.53. The molecule has 0 unspecified atom stereocenters. The minimum Gasteiger partial charge on any atom is -0.444 e. The Morgan fingerprint density at radius 3 is 2.15 bits per heavy atom. The van der Waals surface area contributed by atoms with E-state index >= 15 is 0 Å². The number of alkyl carbamates (subject to hydrolysis) is 1. The van der Waals surface area contributed by atoms with Gasteiger partial charge in [-0.25, -0.2) is 4.79 Å². The number of rotatable bonds is 4. The van der Waals surface area contributed by atoms with Crippen molar-refractivity contribution in [2.75, 3.05) is 0 Å². The lowest BCUT2D eigenvalue weighted by molar-refractivity contribution is -0.290. The third-order valence-electron chi connectivity index (χ3n) is 4.52. The van der Waals surface area contributed by atoms with Gasteiger partial charge in [0.25, 0.3) is 0 Å². The topological polar surface area (TPSA) is 50.8 Å². The molecule has 0 aliphatic carbocycles. The number of nitrogens with one attached hydrogen (secondary N) is 1. The van der Waals surface area contributed by atoms with Gasteiger partial charge in [0.15, 0.2) is 0 Å². The molecule has 1 fully saturated rings. The maximum absolute atomic E-state index is 12.2. The summed E-state index contributed by atoms with van der Waals surface area (Å²) in [5.74, 6) is 0. The second-order valence-electron chi connectivity index (χ2n) is 9.43. The Bertz CT molecular complexity index is 587. The fourth-order valence-corrected chi connectivity index (χ4v) is 3.90. The predicted octanol–water partition coefficient (Wildman–Crippen LogP) is 4.66. The fraction of sp³-hybridized carbons (Fsp3) is 0.667. The SMILES string of the molecule is CC(C)(C)OC(=O)NC1CC(C)(C)N(OCc2ccccc2)C(C)(C)C1. The second kappa shape index (κ2) is 7.57. The number of ether oxygens (including phenoxy) is 1. The van der Waals surface area contributed by atoms with Gasteiger partial charge in [-0.2, -0.15) is 5.06 Å². The molecule has 0 aromatic heterocycles. The van der Waals surface area contributed by atoms with Crippen LogP contribution < -0.4 is 5.32 Å². The first-order valence-electron chi connectivity index (χ1n) is 9.36. The molecular weight excluding hydrogens is 328 g/mol. The first-order valence-corrected chi connectivity index (χ1v) is 9.36. The van der Waals surface area contributed by atoms with E-state index in [1.165, 1.54) is 0 Å². The zero-order chi connectivity index (χ0) is 19.6. The average Bonchev–Trinajstić information content (AvgIpc) is 2.43. The minimum atomic E-state index is -0.491. The molecule has 1 aromatic carbocycles. The van der Waals surface area contributed by atoms with Crippen molar-refractivity contribution in [3.05, 3.63) is 35.9 Å². The van der Waals surface area contributed by atoms with Gasteiger partial charge in [-0.3, -0.25) is 4.84 Å². The Balaban J connectivity index is 2.02. The molecule has 26 heavy (non-hydrogen) atoms. The molecule has 1 amide bonds. The Labute approximate surface area is 158 Å². The summed E-state index contributed by atoms with van der Waals surface area (Å²) < 4.78 is 5.41. The molecule has 0 bridgehead atoms. The molecule has 1 N–H and O–H groups in total. The fourth-order valence-electron chi connectivity index (χ4n) is 3.90. The molecule has 0 spiro atoms. The van der Waals surface area contributed by atoms with Crippen molar-refractivity contribution >= 4 is 6.09 Å². The van der Waals surface area contributed by atoms with E-state index in [-0.39, 0.29) is 23.2 Å². The van der Waals surface area contributed by atoms with Crippen LogP contribution in [0.15, 0.2) is 30.3 Å². The van der Waals surface area contributed by atoms with Crippen molar-refractivity contribution < 1.29 is 14.4 Å². The monoisotopic (exact) mass is 362 g/mol. The quantitative estimate of drug-likeness (QED) is 0.846. The number of amides is 1. The molecule has 5 heteroatoms. The highest BCUT2D eigenvalue weighted by Crippen LogP contribution is 2.39. The number of carbonyl (C=O) groups is 1. The van der Waals surface area contributed by atoms with Gasteiger partial charge in [0, 0.05) is 17.1 Å². The molecule has 1 heterocycles. The average molecular weight is 363 g/mol. The van der Waals surface area contributed by atoms with Crippen LogP contribution in [-0.2, 0) is 16.2 Å². The standard InChI is InChI=1S/C21H34N2O3/c1-19(2,3)26-18(24)22-17-13-20(4,5)23(21(6,7)14-17)25-15-16-11-9-8-10-12-16/h8-12,17H,13-15H2,1-7H3,(H,22,24). The van der Waals surface area contributed by atoms with Gasteiger partial charge in [-0.15, -0.1) is 0 Å². The van der Waals surface area contributed by atoms with Crippen LogP contribution in [0.2, 0.25) is 0 Å². The van der Waals surface area contributed by atoms with Gasteiger partial charge in [-0.05, 0) is 66.9 Å². The molecule has 2 rings (SSSR count). The van der Waals surface area contributed by atoms with Gasteiger partial charge >= 0.3 is 6.09 Å². The molecule has 0 radical (unpaired) electrons. The normalized spacial score (nSPS) is 20.6. The zero-order valence-corrected chi connectivity index (χ0v) is 17.3. The molecular formula is C21H34N2O3. The molecule has 0 atom stereocenters. The van der Waals surface area contributed by atoms with Crippen LogP contribution in [-0.4, -0.2) is 33.9 Å². The third-order valence-corrected chi connectivity index (χ3v) is 4.52. The van der Waals surface area contributed by atoms with Gasteiger partial charge in [-0.1, -0.05) is 30.3 Å². The van der Waals surface area contributed by atoms with Crippen molar-refractivity contribution in [3.8, 4) is 0 Å². The molecule has 1 aliphatic heterocycles. The largest absolute Gasteiger partial charge is 0.444 e. The maximum atomic E-state index is 12.2. The molecule has 146 valence electrons. The number of hydrogen-bond acceptors (Lipinski definition) is 4. The van der Waals surface area contributed by atoms with Crippen LogP contribution in [0.1, 0.15) is 66.9 Å². The van der Waals surface area contributed by atoms with Crippen LogP contribution >= 0.6 is 0 Å². The van der Waals surface area contributed by atoms with Crippen molar-refractivity contribution in [2.45, 2.75) is 90.6 Å². The van der Waals surface area contributed by atoms with E-state index in [1.54, 1.807) is 0 Å². The summed E-state index contributed by atoms with van der Waals surface area (Å²) in [5, 5.41) is 5.14. The molecule has 1 aliphatic rings. The Morgan fingerprint density at radius 1 is 1.12 bits per heavy atom. The number of carbonyl (C=O) groups excluding carboxylic acids is 1. The first kappa shape index (κ1) is 20.7. The summed E-state index contributed by atoms with van der Waals surface area (Å²) in [7, 11) is 0. The third kappa shape index (κ3) is 5.71. The summed E-state index contributed by atoms with van der Waals surface area (Å²) in [4.78, 5) is 18.4. The predicted molar refractivity (Wildman–Crippen MR) is 104 cm³/mol. The Kier molecular flexibility index (Phi) is 6.03. The lowest BCUT2D eigenvalue weighted by Crippen LogP contribution is -2.64. The summed E-state index contributed by atoms with van der Waals surface area (Å²) in [6.45, 7) is 14.8. The zero-order valence-electron chi connectivity index (χ0n) is 17.3. The highest BCUT2D eigenvalue weighted by Gasteiger charge is 2.47. The summed E-state index contributed by atoms with van der Waals surface area (Å²) in [6, 6.07) is 10.2. The lowest BCUT2D eigenvalue weighted by atomic mass is 9.79. The van der Waals surface area contributed by atoms with Gasteiger partial charge in [0.2, 0.25) is 0 Å². The highest BCUT2D eigenvalue weighted by atomic mass is 16.7. The van der Waals surface area contributed by atoms with Crippen LogP contribution in [0.5, 0.6) is 0 Å². The van der Waals surface area contributed by atoms with E-state index < -0.39 is 5.60 Å². The van der Waals surface area contributed by atoms with Crippen molar-refractivity contribution in [1.29, 1.82) is 0 Å². The second-order valence-corrected chi connectivity index (χ2v) is 9.43. The number of hydroxylamine groups is 2. The van der Waals surface area contributed by atoms with Crippen LogP contribution in [0.4, 0.5) is 4.79 Å². The number of piperidine rings is 1. The summed E-state index contributed by atoms with van der Waals surface area (Å²) in [5.41, 5.74) is 0.231. The summed E-state index contributed by atoms with van der Waals surface area (Å²) in [6.07, 6.45) is 1.24. The summed E-state index contributed by atoms with van der Waals surface area (Å²) >= 11 is 0. The Morgan fingerprint density at radius 2 is 1.65 bits per heavy atom.